The molecule has 0 saturated carbocycles. The smallest absolute Gasteiger partial charge is 0.214 e. The lowest BCUT2D eigenvalue weighted by Crippen LogP contribution is -2.43. The van der Waals surface area contributed by atoms with E-state index in [9.17, 15) is 17.6 Å². The average Bonchev–Trinajstić information content (AvgIpc) is 3.12. The first-order valence-electron chi connectivity index (χ1n) is 10.2. The van der Waals surface area contributed by atoms with Crippen molar-refractivity contribution in [2.45, 2.75) is 38.6 Å². The number of alkyl halides is 1. The van der Waals surface area contributed by atoms with Crippen LogP contribution >= 0.6 is 33.9 Å². The molecule has 7 nitrogen and oxygen atoms in total. The number of rotatable bonds is 9. The first-order chi connectivity index (χ1) is 14.8. The SMILES string of the molecule is CCc1cccc(F)c1C(=O)c1sc(NC2CCN(S(=O)(=O)CCCI)CC2)nc1N. The van der Waals surface area contributed by atoms with Crippen LogP contribution in [0.4, 0.5) is 15.3 Å². The van der Waals surface area contributed by atoms with Crippen LogP contribution in [0.15, 0.2) is 18.2 Å². The number of nitrogen functional groups attached to an aromatic ring is 1. The van der Waals surface area contributed by atoms with Crippen molar-refractivity contribution in [1.29, 1.82) is 0 Å². The molecule has 11 heteroatoms. The summed E-state index contributed by atoms with van der Waals surface area (Å²) in [6.45, 7) is 2.76. The number of nitrogens with one attached hydrogen (secondary N) is 1. The fourth-order valence-corrected chi connectivity index (χ4v) is 6.95. The Morgan fingerprint density at radius 1 is 1.39 bits per heavy atom. The molecule has 0 bridgehead atoms. The minimum absolute atomic E-state index is 0.0317. The van der Waals surface area contributed by atoms with E-state index in [1.807, 2.05) is 6.92 Å². The second-order valence-electron chi connectivity index (χ2n) is 7.37. The van der Waals surface area contributed by atoms with E-state index in [1.54, 1.807) is 16.4 Å². The van der Waals surface area contributed by atoms with E-state index >= 15 is 0 Å². The predicted molar refractivity (Wildman–Crippen MR) is 131 cm³/mol. The molecule has 0 spiro atoms. The second-order valence-corrected chi connectivity index (χ2v) is 11.5. The molecule has 0 aliphatic carbocycles. The molecule has 1 aliphatic rings. The van der Waals surface area contributed by atoms with Gasteiger partial charge in [0.15, 0.2) is 5.13 Å². The molecule has 0 unspecified atom stereocenters. The molecule has 3 rings (SSSR count). The number of sulfonamides is 1. The normalized spacial score (nSPS) is 15.8. The quantitative estimate of drug-likeness (QED) is 0.267. The van der Waals surface area contributed by atoms with Gasteiger partial charge < -0.3 is 11.1 Å². The molecule has 2 aromatic rings. The molecule has 0 radical (unpaired) electrons. The minimum atomic E-state index is -3.21. The van der Waals surface area contributed by atoms with Crippen LogP contribution in [0.25, 0.3) is 0 Å². The molecule has 1 aromatic heterocycles. The van der Waals surface area contributed by atoms with E-state index in [1.165, 1.54) is 6.07 Å². The number of benzene rings is 1. The number of nitrogens with two attached hydrogens (primary N) is 1. The van der Waals surface area contributed by atoms with Gasteiger partial charge in [0, 0.05) is 23.6 Å². The molecular formula is C20H26FIN4O3S2. The third-order valence-electron chi connectivity index (χ3n) is 5.28. The maximum absolute atomic E-state index is 14.3. The highest BCUT2D eigenvalue weighted by Crippen LogP contribution is 2.31. The largest absolute Gasteiger partial charge is 0.382 e. The zero-order chi connectivity index (χ0) is 22.6. The van der Waals surface area contributed by atoms with Crippen molar-refractivity contribution >= 4 is 60.7 Å². The zero-order valence-corrected chi connectivity index (χ0v) is 21.0. The monoisotopic (exact) mass is 580 g/mol. The molecule has 0 atom stereocenters. The maximum Gasteiger partial charge on any atom is 0.214 e. The van der Waals surface area contributed by atoms with Gasteiger partial charge in [-0.2, -0.15) is 0 Å². The fraction of sp³-hybridized carbons (Fsp3) is 0.500. The highest BCUT2D eigenvalue weighted by atomic mass is 127. The number of piperidine rings is 1. The zero-order valence-electron chi connectivity index (χ0n) is 17.2. The first kappa shape index (κ1) is 24.3. The number of hydrogen-bond acceptors (Lipinski definition) is 7. The van der Waals surface area contributed by atoms with Gasteiger partial charge in [-0.05, 0) is 37.3 Å². The van der Waals surface area contributed by atoms with Crippen molar-refractivity contribution in [3.63, 3.8) is 0 Å². The summed E-state index contributed by atoms with van der Waals surface area (Å²) in [5.74, 6) is -0.781. The summed E-state index contributed by atoms with van der Waals surface area (Å²) in [4.78, 5) is 17.4. The van der Waals surface area contributed by atoms with E-state index in [2.05, 4.69) is 32.9 Å². The molecule has 0 amide bonds. The molecule has 3 N–H and O–H groups in total. The first-order valence-corrected chi connectivity index (χ1v) is 14.1. The van der Waals surface area contributed by atoms with Crippen molar-refractivity contribution in [2.24, 2.45) is 0 Å². The van der Waals surface area contributed by atoms with Gasteiger partial charge in [-0.1, -0.05) is 53.0 Å². The standard InChI is InChI=1S/C20H26FIN4O3S2/c1-2-13-5-3-6-15(21)16(13)17(27)18-19(23)25-20(30-18)24-14-7-10-26(11-8-14)31(28,29)12-4-9-22/h3,5-6,14H,2,4,7-12,23H2,1H3,(H,24,25). The van der Waals surface area contributed by atoms with Crippen LogP contribution in [0, 0.1) is 5.82 Å². The van der Waals surface area contributed by atoms with Gasteiger partial charge in [-0.15, -0.1) is 0 Å². The van der Waals surface area contributed by atoms with Gasteiger partial charge in [0.2, 0.25) is 15.8 Å². The average molecular weight is 580 g/mol. The van der Waals surface area contributed by atoms with Crippen molar-refractivity contribution in [3.8, 4) is 0 Å². The Morgan fingerprint density at radius 2 is 2.10 bits per heavy atom. The topological polar surface area (TPSA) is 105 Å². The highest BCUT2D eigenvalue weighted by molar-refractivity contribution is 14.1. The molecule has 1 saturated heterocycles. The lowest BCUT2D eigenvalue weighted by Gasteiger charge is -2.31. The fourth-order valence-electron chi connectivity index (χ4n) is 3.61. The summed E-state index contributed by atoms with van der Waals surface area (Å²) in [6, 6.07) is 4.62. The van der Waals surface area contributed by atoms with Gasteiger partial charge in [-0.3, -0.25) is 4.79 Å². The maximum atomic E-state index is 14.3. The van der Waals surface area contributed by atoms with E-state index in [0.29, 0.717) is 49.5 Å². The van der Waals surface area contributed by atoms with Crippen LogP contribution < -0.4 is 11.1 Å². The number of ketones is 1. The Hall–Kier alpha value is -1.31. The summed E-state index contributed by atoms with van der Waals surface area (Å²) in [6.07, 6.45) is 2.46. The number of carbonyl (C=O) groups is 1. The minimum Gasteiger partial charge on any atom is -0.382 e. The van der Waals surface area contributed by atoms with Crippen LogP contribution in [-0.4, -0.2) is 52.8 Å². The van der Waals surface area contributed by atoms with E-state index < -0.39 is 21.6 Å². The Labute approximate surface area is 199 Å². The van der Waals surface area contributed by atoms with Gasteiger partial charge in [0.1, 0.15) is 16.5 Å². The number of aromatic nitrogens is 1. The van der Waals surface area contributed by atoms with Gasteiger partial charge in [-0.25, -0.2) is 22.1 Å². The Bertz CT molecular complexity index is 1040. The number of aryl methyl sites for hydroxylation is 1. The van der Waals surface area contributed by atoms with Crippen molar-refractivity contribution in [3.05, 3.63) is 40.0 Å². The molecule has 170 valence electrons. The number of hydrogen-bond donors (Lipinski definition) is 2. The summed E-state index contributed by atoms with van der Waals surface area (Å²) in [7, 11) is -3.21. The van der Waals surface area contributed by atoms with Crippen LogP contribution in [0.5, 0.6) is 0 Å². The van der Waals surface area contributed by atoms with E-state index in [-0.39, 0.29) is 28.1 Å². The molecule has 1 aliphatic heterocycles. The number of carbonyl (C=O) groups excluding carboxylic acids is 1. The molecule has 1 fully saturated rings. The van der Waals surface area contributed by atoms with E-state index in [4.69, 9.17) is 5.73 Å². The van der Waals surface area contributed by atoms with Gasteiger partial charge in [0.25, 0.3) is 0 Å². The third-order valence-corrected chi connectivity index (χ3v) is 9.00. The number of nitrogens with zero attached hydrogens (tertiary/aromatic N) is 2. The lowest BCUT2D eigenvalue weighted by molar-refractivity contribution is 0.103. The molecule has 2 heterocycles. The third kappa shape index (κ3) is 5.74. The van der Waals surface area contributed by atoms with Gasteiger partial charge in [0.05, 0.1) is 11.3 Å². The summed E-state index contributed by atoms with van der Waals surface area (Å²) < 4.78 is 41.4. The van der Waals surface area contributed by atoms with Gasteiger partial charge >= 0.3 is 0 Å². The highest BCUT2D eigenvalue weighted by Gasteiger charge is 2.29. The van der Waals surface area contributed by atoms with Crippen LogP contribution in [0.3, 0.4) is 0 Å². The number of halogens is 2. The van der Waals surface area contributed by atoms with Crippen molar-refractivity contribution in [2.75, 3.05) is 34.3 Å². The predicted octanol–water partition coefficient (Wildman–Crippen LogP) is 3.69. The van der Waals surface area contributed by atoms with Crippen LogP contribution in [0.2, 0.25) is 0 Å². The number of anilines is 2. The van der Waals surface area contributed by atoms with Crippen LogP contribution in [-0.2, 0) is 16.4 Å². The molecule has 31 heavy (non-hydrogen) atoms. The van der Waals surface area contributed by atoms with E-state index in [0.717, 1.165) is 15.8 Å². The molecule has 1 aromatic carbocycles. The van der Waals surface area contributed by atoms with Crippen LogP contribution in [0.1, 0.15) is 47.0 Å². The second kappa shape index (κ2) is 10.5. The van der Waals surface area contributed by atoms with Crippen molar-refractivity contribution < 1.29 is 17.6 Å². The van der Waals surface area contributed by atoms with Crippen molar-refractivity contribution in [1.82, 2.24) is 9.29 Å². The summed E-state index contributed by atoms with van der Waals surface area (Å²) in [5.41, 5.74) is 6.65. The Kier molecular flexibility index (Phi) is 8.27. The lowest BCUT2D eigenvalue weighted by atomic mass is 10.00. The number of thiazole rings is 1. The molecular weight excluding hydrogens is 554 g/mol. The Morgan fingerprint density at radius 3 is 2.74 bits per heavy atom. The summed E-state index contributed by atoms with van der Waals surface area (Å²) in [5, 5.41) is 3.75. The summed E-state index contributed by atoms with van der Waals surface area (Å²) >= 11 is 3.28. The Balaban J connectivity index is 1.67.